The molecule has 0 aromatic heterocycles. The highest BCUT2D eigenvalue weighted by Gasteiger charge is 2.31. The van der Waals surface area contributed by atoms with Gasteiger partial charge in [-0.05, 0) is 61.0 Å². The molecule has 6 nitrogen and oxygen atoms in total. The van der Waals surface area contributed by atoms with Crippen molar-refractivity contribution in [1.82, 2.24) is 0 Å². The highest BCUT2D eigenvalue weighted by molar-refractivity contribution is 7.92. The van der Waals surface area contributed by atoms with E-state index in [2.05, 4.69) is 10.1 Å². The molecule has 0 radical (unpaired) electrons. The van der Waals surface area contributed by atoms with Gasteiger partial charge in [0.2, 0.25) is 0 Å². The van der Waals surface area contributed by atoms with Gasteiger partial charge in [-0.15, -0.1) is 13.2 Å². The number of amides is 1. The fourth-order valence-corrected chi connectivity index (χ4v) is 4.70. The Morgan fingerprint density at radius 3 is 2.26 bits per heavy atom. The maximum Gasteiger partial charge on any atom is 0.573 e. The Morgan fingerprint density at radius 2 is 1.65 bits per heavy atom. The summed E-state index contributed by atoms with van der Waals surface area (Å²) in [7, 11) is -3.95. The van der Waals surface area contributed by atoms with Crippen molar-refractivity contribution in [1.29, 1.82) is 0 Å². The van der Waals surface area contributed by atoms with Gasteiger partial charge in [-0.1, -0.05) is 37.6 Å². The second kappa shape index (κ2) is 10.6. The van der Waals surface area contributed by atoms with E-state index in [1.54, 1.807) is 30.3 Å². The Hall–Kier alpha value is -3.53. The van der Waals surface area contributed by atoms with Gasteiger partial charge >= 0.3 is 6.36 Å². The molecule has 3 rings (SSSR count). The van der Waals surface area contributed by atoms with E-state index in [0.717, 1.165) is 18.6 Å². The lowest BCUT2D eigenvalue weighted by Crippen LogP contribution is -2.32. The molecule has 0 fully saturated rings. The van der Waals surface area contributed by atoms with E-state index in [9.17, 15) is 26.4 Å². The van der Waals surface area contributed by atoms with Gasteiger partial charge in [0.15, 0.2) is 0 Å². The molecule has 0 saturated heterocycles. The molecule has 0 bridgehead atoms. The van der Waals surface area contributed by atoms with Crippen LogP contribution in [-0.4, -0.2) is 27.2 Å². The lowest BCUT2D eigenvalue weighted by molar-refractivity contribution is -0.274. The number of hydrogen-bond acceptors (Lipinski definition) is 4. The molecule has 0 aliphatic rings. The Kier molecular flexibility index (Phi) is 7.83. The number of sulfonamides is 1. The summed E-state index contributed by atoms with van der Waals surface area (Å²) in [6.07, 6.45) is -3.36. The van der Waals surface area contributed by atoms with E-state index < -0.39 is 28.0 Å². The summed E-state index contributed by atoms with van der Waals surface area (Å²) in [5, 5.41) is 2.54. The minimum Gasteiger partial charge on any atom is -0.406 e. The molecule has 0 heterocycles. The third kappa shape index (κ3) is 6.50. The van der Waals surface area contributed by atoms with Crippen LogP contribution in [-0.2, 0) is 10.0 Å². The zero-order valence-corrected chi connectivity index (χ0v) is 19.1. The molecule has 1 amide bonds. The van der Waals surface area contributed by atoms with Crippen molar-refractivity contribution in [2.45, 2.75) is 31.0 Å². The summed E-state index contributed by atoms with van der Waals surface area (Å²) in [6, 6.07) is 18.9. The second-order valence-electron chi connectivity index (χ2n) is 7.32. The highest BCUT2D eigenvalue weighted by Crippen LogP contribution is 2.26. The number of halogens is 3. The van der Waals surface area contributed by atoms with Gasteiger partial charge in [0.25, 0.3) is 15.9 Å². The van der Waals surface area contributed by atoms with Crippen LogP contribution in [0, 0.1) is 0 Å². The summed E-state index contributed by atoms with van der Waals surface area (Å²) in [4.78, 5) is 12.6. The predicted molar refractivity (Wildman–Crippen MR) is 123 cm³/mol. The van der Waals surface area contributed by atoms with E-state index in [1.807, 2.05) is 6.92 Å². The summed E-state index contributed by atoms with van der Waals surface area (Å²) in [6.45, 7) is 2.24. The van der Waals surface area contributed by atoms with Crippen LogP contribution in [0.2, 0.25) is 0 Å². The van der Waals surface area contributed by atoms with Crippen LogP contribution < -0.4 is 14.4 Å². The fourth-order valence-electron chi connectivity index (χ4n) is 3.15. The highest BCUT2D eigenvalue weighted by atomic mass is 32.2. The second-order valence-corrected chi connectivity index (χ2v) is 9.18. The van der Waals surface area contributed by atoms with Crippen LogP contribution in [0.4, 0.5) is 24.5 Å². The van der Waals surface area contributed by atoms with E-state index in [-0.39, 0.29) is 22.7 Å². The number of carbonyl (C=O) groups excluding carboxylic acids is 1. The number of ether oxygens (including phenoxy) is 1. The SMILES string of the molecule is CCCCN(c1ccccc1)S(=O)(=O)c1cccc(C(=O)Nc2ccc(OC(F)(F)F)cc2)c1. The Balaban J connectivity index is 1.82. The predicted octanol–water partition coefficient (Wildman–Crippen LogP) is 5.83. The molecule has 34 heavy (non-hydrogen) atoms. The molecule has 0 unspecified atom stereocenters. The van der Waals surface area contributed by atoms with Crippen LogP contribution in [0.1, 0.15) is 30.1 Å². The monoisotopic (exact) mass is 492 g/mol. The molecule has 0 spiro atoms. The van der Waals surface area contributed by atoms with E-state index in [4.69, 9.17) is 0 Å². The number of alkyl halides is 3. The van der Waals surface area contributed by atoms with Crippen LogP contribution in [0.3, 0.4) is 0 Å². The van der Waals surface area contributed by atoms with Crippen molar-refractivity contribution in [3.05, 3.63) is 84.4 Å². The number of para-hydroxylation sites is 1. The quantitative estimate of drug-likeness (QED) is 0.408. The Bertz CT molecular complexity index is 1210. The van der Waals surface area contributed by atoms with Crippen molar-refractivity contribution < 1.29 is 31.1 Å². The van der Waals surface area contributed by atoms with Gasteiger partial charge in [-0.25, -0.2) is 8.42 Å². The molecule has 0 aliphatic heterocycles. The molecule has 0 atom stereocenters. The van der Waals surface area contributed by atoms with Gasteiger partial charge in [0, 0.05) is 17.8 Å². The molecular formula is C24H23F3N2O4S. The van der Waals surface area contributed by atoms with E-state index in [1.165, 1.54) is 40.7 Å². The molecule has 10 heteroatoms. The lowest BCUT2D eigenvalue weighted by Gasteiger charge is -2.24. The van der Waals surface area contributed by atoms with Crippen molar-refractivity contribution in [2.24, 2.45) is 0 Å². The first-order valence-electron chi connectivity index (χ1n) is 10.4. The average molecular weight is 493 g/mol. The number of nitrogens with one attached hydrogen (secondary N) is 1. The zero-order valence-electron chi connectivity index (χ0n) is 18.2. The van der Waals surface area contributed by atoms with Gasteiger partial charge in [0.05, 0.1) is 10.6 Å². The molecule has 180 valence electrons. The number of rotatable bonds is 9. The first-order valence-corrected chi connectivity index (χ1v) is 11.9. The number of carbonyl (C=O) groups is 1. The van der Waals surface area contributed by atoms with Crippen molar-refractivity contribution in [2.75, 3.05) is 16.2 Å². The molecule has 3 aromatic rings. The van der Waals surface area contributed by atoms with Gasteiger partial charge < -0.3 is 10.1 Å². The van der Waals surface area contributed by atoms with Gasteiger partial charge in [-0.2, -0.15) is 0 Å². The maximum atomic E-state index is 13.4. The summed E-state index contributed by atoms with van der Waals surface area (Å²) >= 11 is 0. The zero-order chi connectivity index (χ0) is 24.8. The maximum absolute atomic E-state index is 13.4. The number of hydrogen-bond donors (Lipinski definition) is 1. The smallest absolute Gasteiger partial charge is 0.406 e. The van der Waals surface area contributed by atoms with Crippen LogP contribution >= 0.6 is 0 Å². The molecule has 0 aliphatic carbocycles. The summed E-state index contributed by atoms with van der Waals surface area (Å²) in [5.41, 5.74) is 0.828. The van der Waals surface area contributed by atoms with Gasteiger partial charge in [-0.3, -0.25) is 9.10 Å². The van der Waals surface area contributed by atoms with Crippen molar-refractivity contribution >= 4 is 27.3 Å². The third-order valence-electron chi connectivity index (χ3n) is 4.79. The largest absolute Gasteiger partial charge is 0.573 e. The average Bonchev–Trinajstić information content (AvgIpc) is 2.80. The first kappa shape index (κ1) is 25.1. The van der Waals surface area contributed by atoms with E-state index >= 15 is 0 Å². The Morgan fingerprint density at radius 1 is 0.971 bits per heavy atom. The van der Waals surface area contributed by atoms with Crippen LogP contribution in [0.25, 0.3) is 0 Å². The number of benzene rings is 3. The van der Waals surface area contributed by atoms with E-state index in [0.29, 0.717) is 12.1 Å². The number of nitrogens with zero attached hydrogens (tertiary/aromatic N) is 1. The summed E-state index contributed by atoms with van der Waals surface area (Å²) in [5.74, 6) is -1.03. The van der Waals surface area contributed by atoms with Crippen LogP contribution in [0.5, 0.6) is 5.75 Å². The number of anilines is 2. The molecule has 0 saturated carbocycles. The van der Waals surface area contributed by atoms with Crippen LogP contribution in [0.15, 0.2) is 83.8 Å². The third-order valence-corrected chi connectivity index (χ3v) is 6.61. The Labute approximate surface area is 196 Å². The summed E-state index contributed by atoms with van der Waals surface area (Å²) < 4.78 is 68.8. The topological polar surface area (TPSA) is 75.7 Å². The fraction of sp³-hybridized carbons (Fsp3) is 0.208. The van der Waals surface area contributed by atoms with Gasteiger partial charge in [0.1, 0.15) is 5.75 Å². The van der Waals surface area contributed by atoms with Crippen molar-refractivity contribution in [3.8, 4) is 5.75 Å². The minimum absolute atomic E-state index is 0.0472. The normalized spacial score (nSPS) is 11.6. The molecule has 3 aromatic carbocycles. The molecular weight excluding hydrogens is 469 g/mol. The lowest BCUT2D eigenvalue weighted by atomic mass is 10.2. The first-order chi connectivity index (χ1) is 16.1. The molecule has 1 N–H and O–H groups in total. The minimum atomic E-state index is -4.82. The number of unbranched alkanes of at least 4 members (excludes halogenated alkanes) is 1. The standard InChI is InChI=1S/C24H23F3N2O4S/c1-2-3-16-29(20-9-5-4-6-10-20)34(31,32)22-11-7-8-18(17-22)23(30)28-19-12-14-21(15-13-19)33-24(25,26)27/h4-15,17H,2-3,16H2,1H3,(H,28,30). The van der Waals surface area contributed by atoms with Crippen molar-refractivity contribution in [3.63, 3.8) is 0 Å².